The zero-order chi connectivity index (χ0) is 19.7. The fourth-order valence-corrected chi connectivity index (χ4v) is 3.80. The van der Waals surface area contributed by atoms with Crippen LogP contribution in [0.4, 0.5) is 5.69 Å². The summed E-state index contributed by atoms with van der Waals surface area (Å²) in [5.41, 5.74) is 2.93. The van der Waals surface area contributed by atoms with Crippen LogP contribution >= 0.6 is 0 Å². The molecular weight excluding hydrogens is 354 g/mol. The van der Waals surface area contributed by atoms with Crippen molar-refractivity contribution in [1.82, 2.24) is 9.80 Å². The van der Waals surface area contributed by atoms with Crippen LogP contribution in [-0.2, 0) is 9.53 Å². The Kier molecular flexibility index (Phi) is 5.05. The highest BCUT2D eigenvalue weighted by atomic mass is 16.5. The lowest BCUT2D eigenvalue weighted by Gasteiger charge is -2.41. The molecule has 0 bridgehead atoms. The molecule has 1 amide bonds. The van der Waals surface area contributed by atoms with Crippen LogP contribution in [0.1, 0.15) is 18.1 Å². The van der Waals surface area contributed by atoms with Crippen LogP contribution in [-0.4, -0.2) is 60.9 Å². The monoisotopic (exact) mass is 379 g/mol. The molecule has 0 saturated carbocycles. The van der Waals surface area contributed by atoms with Crippen molar-refractivity contribution in [2.75, 3.05) is 33.4 Å². The fraction of sp³-hybridized carbons (Fsp3) is 0.364. The Labute approximate surface area is 165 Å². The summed E-state index contributed by atoms with van der Waals surface area (Å²) >= 11 is 0. The molecule has 6 heteroatoms. The van der Waals surface area contributed by atoms with Gasteiger partial charge in [0, 0.05) is 32.8 Å². The van der Waals surface area contributed by atoms with E-state index in [0.717, 1.165) is 34.1 Å². The molecule has 0 radical (unpaired) electrons. The molecule has 2 aliphatic heterocycles. The van der Waals surface area contributed by atoms with Crippen LogP contribution < -0.4 is 4.74 Å². The number of para-hydroxylation sites is 1. The molecule has 6 nitrogen and oxygen atoms in total. The summed E-state index contributed by atoms with van der Waals surface area (Å²) in [5, 5.41) is 0. The quantitative estimate of drug-likeness (QED) is 0.803. The summed E-state index contributed by atoms with van der Waals surface area (Å²) in [4.78, 5) is 21.4. The summed E-state index contributed by atoms with van der Waals surface area (Å²) in [7, 11) is 1.55. The van der Waals surface area contributed by atoms with E-state index in [1.54, 1.807) is 7.11 Å². The van der Waals surface area contributed by atoms with Gasteiger partial charge >= 0.3 is 0 Å². The Balaban J connectivity index is 1.68. The second-order valence-electron chi connectivity index (χ2n) is 7.32. The first-order valence-electron chi connectivity index (χ1n) is 9.57. The molecule has 28 heavy (non-hydrogen) atoms. The van der Waals surface area contributed by atoms with Crippen molar-refractivity contribution in [2.45, 2.75) is 19.9 Å². The molecule has 2 aliphatic rings. The Hall–Kier alpha value is -2.86. The molecule has 1 atom stereocenters. The predicted molar refractivity (Wildman–Crippen MR) is 109 cm³/mol. The molecule has 1 fully saturated rings. The molecule has 4 rings (SSSR count). The van der Waals surface area contributed by atoms with E-state index in [4.69, 9.17) is 14.5 Å². The van der Waals surface area contributed by atoms with Crippen molar-refractivity contribution >= 4 is 17.4 Å². The maximum absolute atomic E-state index is 12.3. The van der Waals surface area contributed by atoms with Crippen molar-refractivity contribution in [1.29, 1.82) is 0 Å². The summed E-state index contributed by atoms with van der Waals surface area (Å²) in [6, 6.07) is 14.1. The number of aliphatic imine (C=N–C) groups is 1. The summed E-state index contributed by atoms with van der Waals surface area (Å²) in [6.45, 7) is 6.30. The maximum atomic E-state index is 12.3. The van der Waals surface area contributed by atoms with Crippen LogP contribution in [0.3, 0.4) is 0 Å². The molecule has 0 aliphatic carbocycles. The second kappa shape index (κ2) is 7.64. The lowest BCUT2D eigenvalue weighted by molar-refractivity contribution is -0.138. The number of carbonyl (C=O) groups is 1. The first kappa shape index (κ1) is 18.5. The number of ether oxygens (including phenoxy) is 2. The van der Waals surface area contributed by atoms with Gasteiger partial charge in [-0.15, -0.1) is 0 Å². The lowest BCUT2D eigenvalue weighted by atomic mass is 10.1. The number of piperazine rings is 1. The van der Waals surface area contributed by atoms with Crippen LogP contribution in [0.25, 0.3) is 0 Å². The molecule has 0 N–H and O–H groups in total. The van der Waals surface area contributed by atoms with Gasteiger partial charge in [-0.3, -0.25) is 4.79 Å². The molecule has 0 spiro atoms. The Morgan fingerprint density at radius 1 is 1.21 bits per heavy atom. The first-order chi connectivity index (χ1) is 13.6. The van der Waals surface area contributed by atoms with E-state index in [9.17, 15) is 4.79 Å². The van der Waals surface area contributed by atoms with Crippen LogP contribution in [0.2, 0.25) is 0 Å². The van der Waals surface area contributed by atoms with Gasteiger partial charge in [-0.05, 0) is 43.7 Å². The number of fused-ring (bicyclic) bond motifs is 2. The van der Waals surface area contributed by atoms with E-state index in [2.05, 4.69) is 11.8 Å². The van der Waals surface area contributed by atoms with Crippen LogP contribution in [0.15, 0.2) is 47.5 Å². The predicted octanol–water partition coefficient (Wildman–Crippen LogP) is 3.36. The molecule has 1 unspecified atom stereocenters. The highest BCUT2D eigenvalue weighted by molar-refractivity contribution is 6.03. The van der Waals surface area contributed by atoms with E-state index in [1.807, 2.05) is 54.3 Å². The lowest BCUT2D eigenvalue weighted by Crippen LogP contribution is -2.56. The fourth-order valence-electron chi connectivity index (χ4n) is 3.80. The Bertz CT molecular complexity index is 925. The number of amidine groups is 1. The minimum atomic E-state index is 0.0296. The van der Waals surface area contributed by atoms with E-state index < -0.39 is 0 Å². The third-order valence-corrected chi connectivity index (χ3v) is 5.20. The number of nitrogens with zero attached hydrogens (tertiary/aromatic N) is 3. The van der Waals surface area contributed by atoms with Crippen molar-refractivity contribution in [3.05, 3.63) is 53.6 Å². The normalized spacial score (nSPS) is 18.5. The average Bonchev–Trinajstić information content (AvgIpc) is 2.84. The minimum absolute atomic E-state index is 0.0296. The highest BCUT2D eigenvalue weighted by Crippen LogP contribution is 2.38. The third kappa shape index (κ3) is 3.47. The molecule has 2 aromatic carbocycles. The second-order valence-corrected chi connectivity index (χ2v) is 7.32. The van der Waals surface area contributed by atoms with Crippen molar-refractivity contribution in [3.8, 4) is 11.5 Å². The van der Waals surface area contributed by atoms with Gasteiger partial charge in [-0.1, -0.05) is 18.2 Å². The molecule has 0 aromatic heterocycles. The zero-order valence-electron chi connectivity index (χ0n) is 16.5. The zero-order valence-corrected chi connectivity index (χ0v) is 16.5. The molecule has 146 valence electrons. The number of benzene rings is 2. The topological polar surface area (TPSA) is 54.4 Å². The standard InChI is InChI=1S/C22H25N3O3/c1-15-8-9-18-20(12-15)28-19-7-5-4-6-17(19)22(23-18)24-10-11-25(16(2)13-24)21(26)14-27-3/h4-9,12,16H,10-11,13-14H2,1-3H3. The minimum Gasteiger partial charge on any atom is -0.454 e. The molecule has 2 aromatic rings. The van der Waals surface area contributed by atoms with Gasteiger partial charge in [0.05, 0.1) is 5.56 Å². The van der Waals surface area contributed by atoms with Crippen LogP contribution in [0.5, 0.6) is 11.5 Å². The summed E-state index contributed by atoms with van der Waals surface area (Å²) in [6.07, 6.45) is 0. The Morgan fingerprint density at radius 2 is 2.04 bits per heavy atom. The average molecular weight is 379 g/mol. The van der Waals surface area contributed by atoms with Crippen LogP contribution in [0, 0.1) is 6.92 Å². The number of hydrogen-bond acceptors (Lipinski definition) is 5. The van der Waals surface area contributed by atoms with Gasteiger partial charge in [0.25, 0.3) is 0 Å². The smallest absolute Gasteiger partial charge is 0.248 e. The van der Waals surface area contributed by atoms with Crippen molar-refractivity contribution in [2.24, 2.45) is 4.99 Å². The maximum Gasteiger partial charge on any atom is 0.248 e. The molecular formula is C22H25N3O3. The van der Waals surface area contributed by atoms with Gasteiger partial charge in [0.15, 0.2) is 5.75 Å². The third-order valence-electron chi connectivity index (χ3n) is 5.20. The number of carbonyl (C=O) groups excluding carboxylic acids is 1. The van der Waals surface area contributed by atoms with Gasteiger partial charge in [-0.25, -0.2) is 4.99 Å². The number of rotatable bonds is 2. The summed E-state index contributed by atoms with van der Waals surface area (Å²) in [5.74, 6) is 2.49. The Morgan fingerprint density at radius 3 is 2.82 bits per heavy atom. The number of amides is 1. The number of methoxy groups -OCH3 is 1. The molecule has 2 heterocycles. The first-order valence-corrected chi connectivity index (χ1v) is 9.57. The number of aryl methyl sites for hydroxylation is 1. The highest BCUT2D eigenvalue weighted by Gasteiger charge is 2.31. The van der Waals surface area contributed by atoms with Gasteiger partial charge in [0.2, 0.25) is 5.91 Å². The van der Waals surface area contributed by atoms with E-state index in [1.165, 1.54) is 0 Å². The SMILES string of the molecule is COCC(=O)N1CCN(C2=Nc3ccc(C)cc3Oc3ccccc32)CC1C. The van der Waals surface area contributed by atoms with E-state index in [-0.39, 0.29) is 18.6 Å². The van der Waals surface area contributed by atoms with Gasteiger partial charge in [-0.2, -0.15) is 0 Å². The summed E-state index contributed by atoms with van der Waals surface area (Å²) < 4.78 is 11.2. The van der Waals surface area contributed by atoms with E-state index >= 15 is 0 Å². The molecule has 1 saturated heterocycles. The largest absolute Gasteiger partial charge is 0.454 e. The van der Waals surface area contributed by atoms with Crippen molar-refractivity contribution < 1.29 is 14.3 Å². The van der Waals surface area contributed by atoms with Gasteiger partial charge in [0.1, 0.15) is 23.9 Å². The number of hydrogen-bond donors (Lipinski definition) is 0. The van der Waals surface area contributed by atoms with E-state index in [0.29, 0.717) is 19.6 Å². The van der Waals surface area contributed by atoms with Crippen molar-refractivity contribution in [3.63, 3.8) is 0 Å². The van der Waals surface area contributed by atoms with Gasteiger partial charge < -0.3 is 19.3 Å².